The van der Waals surface area contributed by atoms with Crippen molar-refractivity contribution in [2.75, 3.05) is 34.0 Å². The lowest BCUT2D eigenvalue weighted by Gasteiger charge is -2.26. The van der Waals surface area contributed by atoms with Crippen LogP contribution in [0.3, 0.4) is 0 Å². The Hall–Kier alpha value is -3.52. The molecule has 0 spiro atoms. The molecule has 2 aliphatic heterocycles. The van der Waals surface area contributed by atoms with Gasteiger partial charge in [-0.1, -0.05) is 19.4 Å². The summed E-state index contributed by atoms with van der Waals surface area (Å²) in [6.07, 6.45) is 3.22. The third kappa shape index (κ3) is 5.44. The van der Waals surface area contributed by atoms with Crippen LogP contribution in [0, 0.1) is 0 Å². The molecule has 8 nitrogen and oxygen atoms in total. The Morgan fingerprint density at radius 2 is 1.89 bits per heavy atom. The summed E-state index contributed by atoms with van der Waals surface area (Å²) in [5.74, 6) is 0.282. The first kappa shape index (κ1) is 26.5. The number of aliphatic hydroxyl groups is 1. The second-order valence-corrected chi connectivity index (χ2v) is 9.41. The lowest BCUT2D eigenvalue weighted by molar-refractivity contribution is -0.140. The van der Waals surface area contributed by atoms with E-state index in [0.717, 1.165) is 24.2 Å². The van der Waals surface area contributed by atoms with Crippen molar-refractivity contribution in [3.63, 3.8) is 0 Å². The quantitative estimate of drug-likeness (QED) is 0.204. The van der Waals surface area contributed by atoms with Gasteiger partial charge in [-0.2, -0.15) is 0 Å². The number of rotatable bonds is 11. The van der Waals surface area contributed by atoms with Gasteiger partial charge in [0, 0.05) is 32.2 Å². The maximum Gasteiger partial charge on any atom is 0.295 e. The summed E-state index contributed by atoms with van der Waals surface area (Å²) < 4.78 is 22.4. The van der Waals surface area contributed by atoms with Gasteiger partial charge in [0.05, 0.1) is 25.3 Å². The highest BCUT2D eigenvalue weighted by atomic mass is 16.5. The first-order chi connectivity index (χ1) is 17.9. The van der Waals surface area contributed by atoms with E-state index in [-0.39, 0.29) is 17.4 Å². The topological polar surface area (TPSA) is 94.5 Å². The SMILES string of the molecule is CCCCOc1ccc([C@@H]2C(=C(O)c3ccc4c(c3)C[C@H](C)O4)C(=O)C(=O)N2CCCOC)cc1OC. The predicted molar refractivity (Wildman–Crippen MR) is 139 cm³/mol. The maximum atomic E-state index is 13.3. The van der Waals surface area contributed by atoms with Gasteiger partial charge in [0.15, 0.2) is 11.5 Å². The third-order valence-electron chi connectivity index (χ3n) is 6.72. The zero-order chi connectivity index (χ0) is 26.5. The number of nitrogens with zero attached hydrogens (tertiary/aromatic N) is 1. The molecule has 2 aromatic rings. The van der Waals surface area contributed by atoms with E-state index in [1.165, 1.54) is 4.90 Å². The summed E-state index contributed by atoms with van der Waals surface area (Å²) in [6.45, 7) is 5.36. The van der Waals surface area contributed by atoms with Crippen molar-refractivity contribution < 1.29 is 33.6 Å². The van der Waals surface area contributed by atoms with Crippen LogP contribution in [0.5, 0.6) is 17.2 Å². The van der Waals surface area contributed by atoms with Gasteiger partial charge in [-0.25, -0.2) is 0 Å². The summed E-state index contributed by atoms with van der Waals surface area (Å²) in [5, 5.41) is 11.4. The summed E-state index contributed by atoms with van der Waals surface area (Å²) in [7, 11) is 3.14. The number of methoxy groups -OCH3 is 2. The standard InChI is InChI=1S/C29H35NO7/c1-5-6-14-36-23-11-8-19(17-24(23)35-4)26-25(28(32)29(33)30(26)12-7-13-34-3)27(31)20-9-10-22-21(16-20)15-18(2)37-22/h8-11,16-18,26,31H,5-7,12-15H2,1-4H3/t18-,26+/m0/s1. The molecule has 1 fully saturated rings. The van der Waals surface area contributed by atoms with Crippen molar-refractivity contribution in [3.05, 3.63) is 58.7 Å². The van der Waals surface area contributed by atoms with Crippen LogP contribution in [0.2, 0.25) is 0 Å². The molecule has 2 aromatic carbocycles. The molecule has 198 valence electrons. The molecule has 1 N–H and O–H groups in total. The van der Waals surface area contributed by atoms with Crippen LogP contribution in [0.15, 0.2) is 42.0 Å². The van der Waals surface area contributed by atoms with Crippen LogP contribution in [0.1, 0.15) is 55.8 Å². The number of unbranched alkanes of at least 4 members (excludes halogenated alkanes) is 1. The summed E-state index contributed by atoms with van der Waals surface area (Å²) >= 11 is 0. The van der Waals surface area contributed by atoms with Crippen molar-refractivity contribution in [3.8, 4) is 17.2 Å². The number of Topliss-reactive ketones (excluding diaryl/α,β-unsaturated/α-hetero) is 1. The minimum atomic E-state index is -0.779. The summed E-state index contributed by atoms with van der Waals surface area (Å²) in [4.78, 5) is 28.0. The molecule has 4 rings (SSSR count). The van der Waals surface area contributed by atoms with Crippen molar-refractivity contribution in [1.82, 2.24) is 4.90 Å². The second kappa shape index (κ2) is 11.7. The van der Waals surface area contributed by atoms with E-state index >= 15 is 0 Å². The fraction of sp³-hybridized carbons (Fsp3) is 0.448. The van der Waals surface area contributed by atoms with Crippen LogP contribution in [0.4, 0.5) is 0 Å². The van der Waals surface area contributed by atoms with Gasteiger partial charge < -0.3 is 29.0 Å². The maximum absolute atomic E-state index is 13.3. The molecule has 0 saturated carbocycles. The number of carbonyl (C=O) groups is 2. The summed E-state index contributed by atoms with van der Waals surface area (Å²) in [5.41, 5.74) is 2.13. The van der Waals surface area contributed by atoms with Gasteiger partial charge in [-0.3, -0.25) is 9.59 Å². The Bertz CT molecular complexity index is 1190. The molecule has 0 aliphatic carbocycles. The Morgan fingerprint density at radius 1 is 1.08 bits per heavy atom. The number of benzene rings is 2. The van der Waals surface area contributed by atoms with E-state index in [9.17, 15) is 14.7 Å². The fourth-order valence-corrected chi connectivity index (χ4v) is 4.86. The van der Waals surface area contributed by atoms with E-state index in [2.05, 4.69) is 6.92 Å². The highest BCUT2D eigenvalue weighted by molar-refractivity contribution is 6.46. The second-order valence-electron chi connectivity index (χ2n) is 9.41. The fourth-order valence-electron chi connectivity index (χ4n) is 4.86. The largest absolute Gasteiger partial charge is 0.507 e. The number of ketones is 1. The Balaban J connectivity index is 1.78. The monoisotopic (exact) mass is 509 g/mol. The molecule has 0 radical (unpaired) electrons. The zero-order valence-electron chi connectivity index (χ0n) is 21.9. The van der Waals surface area contributed by atoms with Crippen LogP contribution in [-0.4, -0.2) is 61.8 Å². The van der Waals surface area contributed by atoms with Gasteiger partial charge >= 0.3 is 0 Å². The number of hydrogen-bond donors (Lipinski definition) is 1. The molecule has 1 amide bonds. The molecule has 0 bridgehead atoms. The van der Waals surface area contributed by atoms with Gasteiger partial charge in [0.2, 0.25) is 0 Å². The van der Waals surface area contributed by atoms with Crippen LogP contribution in [-0.2, 0) is 20.7 Å². The lowest BCUT2D eigenvalue weighted by Crippen LogP contribution is -2.31. The predicted octanol–water partition coefficient (Wildman–Crippen LogP) is 4.66. The van der Waals surface area contributed by atoms with E-state index in [1.807, 2.05) is 19.1 Å². The molecule has 37 heavy (non-hydrogen) atoms. The highest BCUT2D eigenvalue weighted by Crippen LogP contribution is 2.42. The number of fused-ring (bicyclic) bond motifs is 1. The third-order valence-corrected chi connectivity index (χ3v) is 6.72. The van der Waals surface area contributed by atoms with Gasteiger partial charge in [0.25, 0.3) is 11.7 Å². The van der Waals surface area contributed by atoms with Crippen LogP contribution in [0.25, 0.3) is 5.76 Å². The first-order valence-corrected chi connectivity index (χ1v) is 12.8. The van der Waals surface area contributed by atoms with Crippen molar-refractivity contribution >= 4 is 17.4 Å². The van der Waals surface area contributed by atoms with Gasteiger partial charge in [-0.15, -0.1) is 0 Å². The molecule has 8 heteroatoms. The van der Waals surface area contributed by atoms with Crippen molar-refractivity contribution in [2.45, 2.75) is 51.7 Å². The van der Waals surface area contributed by atoms with E-state index < -0.39 is 17.7 Å². The Labute approximate surface area is 217 Å². The average Bonchev–Trinajstić information content (AvgIpc) is 3.39. The van der Waals surface area contributed by atoms with Gasteiger partial charge in [0.1, 0.15) is 17.6 Å². The molecule has 0 aromatic heterocycles. The van der Waals surface area contributed by atoms with E-state index in [1.54, 1.807) is 38.5 Å². The lowest BCUT2D eigenvalue weighted by atomic mass is 9.94. The number of hydrogen-bond acceptors (Lipinski definition) is 7. The molecule has 2 aliphatic rings. The minimum Gasteiger partial charge on any atom is -0.507 e. The number of carbonyl (C=O) groups excluding carboxylic acids is 2. The number of likely N-dealkylation sites (tertiary alicyclic amines) is 1. The zero-order valence-corrected chi connectivity index (χ0v) is 21.9. The molecular weight excluding hydrogens is 474 g/mol. The van der Waals surface area contributed by atoms with E-state index in [4.69, 9.17) is 18.9 Å². The van der Waals surface area contributed by atoms with Crippen molar-refractivity contribution in [2.24, 2.45) is 0 Å². The number of amides is 1. The Morgan fingerprint density at radius 3 is 2.62 bits per heavy atom. The average molecular weight is 510 g/mol. The molecular formula is C29H35NO7. The number of ether oxygens (including phenoxy) is 4. The van der Waals surface area contributed by atoms with Crippen LogP contribution < -0.4 is 14.2 Å². The van der Waals surface area contributed by atoms with Crippen LogP contribution >= 0.6 is 0 Å². The minimum absolute atomic E-state index is 0.0456. The first-order valence-electron chi connectivity index (χ1n) is 12.8. The molecule has 0 unspecified atom stereocenters. The normalized spacial score (nSPS) is 20.2. The molecule has 1 saturated heterocycles. The van der Waals surface area contributed by atoms with Crippen molar-refractivity contribution in [1.29, 1.82) is 0 Å². The highest BCUT2D eigenvalue weighted by Gasteiger charge is 2.46. The molecule has 2 heterocycles. The molecule has 2 atom stereocenters. The van der Waals surface area contributed by atoms with E-state index in [0.29, 0.717) is 55.2 Å². The summed E-state index contributed by atoms with van der Waals surface area (Å²) in [6, 6.07) is 9.93. The number of aliphatic hydroxyl groups excluding tert-OH is 1. The Kier molecular flexibility index (Phi) is 8.38. The van der Waals surface area contributed by atoms with Gasteiger partial charge in [-0.05, 0) is 61.2 Å². The smallest absolute Gasteiger partial charge is 0.295 e.